The third-order valence-corrected chi connectivity index (χ3v) is 3.21. The van der Waals surface area contributed by atoms with Crippen molar-refractivity contribution in [2.45, 2.75) is 6.54 Å². The molecule has 5 nitrogen and oxygen atoms in total. The number of nitro groups is 1. The Bertz CT molecular complexity index is 632. The van der Waals surface area contributed by atoms with E-state index in [1.54, 1.807) is 19.2 Å². The Morgan fingerprint density at radius 3 is 2.70 bits per heavy atom. The number of para-hydroxylation sites is 2. The van der Waals surface area contributed by atoms with E-state index in [1.807, 2.05) is 24.3 Å². The van der Waals surface area contributed by atoms with Gasteiger partial charge in [0.15, 0.2) is 0 Å². The SMILES string of the molecule is COc1ccccc1NCc1c(Cl)cccc1[N+](=O)[O-]. The standard InChI is InChI=1S/C14H13ClN2O3/c1-20-14-8-3-2-6-12(14)16-9-10-11(15)5-4-7-13(10)17(18)19/h2-8,16H,9H2,1H3. The van der Waals surface area contributed by atoms with E-state index in [4.69, 9.17) is 16.3 Å². The van der Waals surface area contributed by atoms with Crippen molar-refractivity contribution in [3.05, 3.63) is 63.2 Å². The minimum absolute atomic E-state index is 0.0000945. The lowest BCUT2D eigenvalue weighted by Gasteiger charge is -2.11. The van der Waals surface area contributed by atoms with Crippen LogP contribution in [-0.2, 0) is 6.54 Å². The summed E-state index contributed by atoms with van der Waals surface area (Å²) in [4.78, 5) is 10.6. The number of benzene rings is 2. The number of methoxy groups -OCH3 is 1. The van der Waals surface area contributed by atoms with Gasteiger partial charge in [-0.15, -0.1) is 0 Å². The van der Waals surface area contributed by atoms with Crippen molar-refractivity contribution in [2.75, 3.05) is 12.4 Å². The van der Waals surface area contributed by atoms with Crippen molar-refractivity contribution in [3.8, 4) is 5.75 Å². The summed E-state index contributed by atoms with van der Waals surface area (Å²) in [5.74, 6) is 0.669. The first kappa shape index (κ1) is 14.1. The Morgan fingerprint density at radius 1 is 1.25 bits per heavy atom. The molecule has 0 atom stereocenters. The molecule has 2 aromatic carbocycles. The third-order valence-electron chi connectivity index (χ3n) is 2.85. The Balaban J connectivity index is 2.25. The van der Waals surface area contributed by atoms with Crippen molar-refractivity contribution in [2.24, 2.45) is 0 Å². The number of anilines is 1. The number of rotatable bonds is 5. The topological polar surface area (TPSA) is 64.4 Å². The molecule has 0 aromatic heterocycles. The lowest BCUT2D eigenvalue weighted by Crippen LogP contribution is -2.05. The van der Waals surface area contributed by atoms with Crippen LogP contribution in [0, 0.1) is 10.1 Å². The Hall–Kier alpha value is -2.27. The summed E-state index contributed by atoms with van der Waals surface area (Å²) in [5, 5.41) is 14.5. The number of nitrogens with zero attached hydrogens (tertiary/aromatic N) is 1. The van der Waals surface area contributed by atoms with Gasteiger partial charge in [0, 0.05) is 12.6 Å². The Morgan fingerprint density at radius 2 is 2.00 bits per heavy atom. The van der Waals surface area contributed by atoms with Crippen LogP contribution in [0.2, 0.25) is 5.02 Å². The molecule has 0 amide bonds. The Labute approximate surface area is 121 Å². The van der Waals surface area contributed by atoms with Gasteiger partial charge in [0.2, 0.25) is 0 Å². The molecule has 0 fully saturated rings. The van der Waals surface area contributed by atoms with Crippen LogP contribution >= 0.6 is 11.6 Å². The largest absolute Gasteiger partial charge is 0.495 e. The van der Waals surface area contributed by atoms with Crippen LogP contribution in [0.4, 0.5) is 11.4 Å². The number of nitrogens with one attached hydrogen (secondary N) is 1. The lowest BCUT2D eigenvalue weighted by atomic mass is 10.1. The fourth-order valence-corrected chi connectivity index (χ4v) is 2.10. The summed E-state index contributed by atoms with van der Waals surface area (Å²) >= 11 is 6.04. The highest BCUT2D eigenvalue weighted by Crippen LogP contribution is 2.29. The minimum Gasteiger partial charge on any atom is -0.495 e. The molecule has 104 valence electrons. The molecule has 0 unspecified atom stereocenters. The molecule has 0 bridgehead atoms. The molecule has 0 spiro atoms. The van der Waals surface area contributed by atoms with Gasteiger partial charge in [-0.3, -0.25) is 10.1 Å². The molecule has 0 saturated heterocycles. The maximum absolute atomic E-state index is 11.0. The summed E-state index contributed by atoms with van der Waals surface area (Å²) in [6, 6.07) is 12.0. The van der Waals surface area contributed by atoms with Gasteiger partial charge in [-0.1, -0.05) is 29.8 Å². The smallest absolute Gasteiger partial charge is 0.275 e. The van der Waals surface area contributed by atoms with Gasteiger partial charge in [-0.25, -0.2) is 0 Å². The van der Waals surface area contributed by atoms with Crippen LogP contribution in [0.1, 0.15) is 5.56 Å². The Kier molecular flexibility index (Phi) is 4.42. The third kappa shape index (κ3) is 3.00. The van der Waals surface area contributed by atoms with Crippen LogP contribution in [0.15, 0.2) is 42.5 Å². The van der Waals surface area contributed by atoms with Gasteiger partial charge in [0.1, 0.15) is 5.75 Å². The summed E-state index contributed by atoms with van der Waals surface area (Å²) in [7, 11) is 1.57. The van der Waals surface area contributed by atoms with Gasteiger partial charge in [0.05, 0.1) is 28.3 Å². The second kappa shape index (κ2) is 6.25. The zero-order chi connectivity index (χ0) is 14.5. The number of halogens is 1. The molecular formula is C14H13ClN2O3. The van der Waals surface area contributed by atoms with Gasteiger partial charge < -0.3 is 10.1 Å². The van der Waals surface area contributed by atoms with Crippen molar-refractivity contribution >= 4 is 23.0 Å². The van der Waals surface area contributed by atoms with Gasteiger partial charge >= 0.3 is 0 Å². The molecule has 2 aromatic rings. The number of ether oxygens (including phenoxy) is 1. The van der Waals surface area contributed by atoms with Crippen molar-refractivity contribution in [3.63, 3.8) is 0 Å². The monoisotopic (exact) mass is 292 g/mol. The van der Waals surface area contributed by atoms with Crippen LogP contribution in [0.5, 0.6) is 5.75 Å². The van der Waals surface area contributed by atoms with Crippen LogP contribution in [-0.4, -0.2) is 12.0 Å². The van der Waals surface area contributed by atoms with E-state index < -0.39 is 4.92 Å². The number of nitro benzene ring substituents is 1. The van der Waals surface area contributed by atoms with Crippen LogP contribution in [0.25, 0.3) is 0 Å². The molecule has 0 aliphatic rings. The maximum Gasteiger partial charge on any atom is 0.275 e. The predicted octanol–water partition coefficient (Wildman–Crippen LogP) is 3.87. The zero-order valence-electron chi connectivity index (χ0n) is 10.8. The van der Waals surface area contributed by atoms with Gasteiger partial charge in [0.25, 0.3) is 5.69 Å². The van der Waals surface area contributed by atoms with E-state index in [9.17, 15) is 10.1 Å². The first-order valence-electron chi connectivity index (χ1n) is 5.92. The highest BCUT2D eigenvalue weighted by molar-refractivity contribution is 6.31. The highest BCUT2D eigenvalue weighted by Gasteiger charge is 2.16. The van der Waals surface area contributed by atoms with Gasteiger partial charge in [-0.05, 0) is 18.2 Å². The highest BCUT2D eigenvalue weighted by atomic mass is 35.5. The molecule has 0 heterocycles. The molecule has 6 heteroatoms. The number of hydrogen-bond acceptors (Lipinski definition) is 4. The fraction of sp³-hybridized carbons (Fsp3) is 0.143. The lowest BCUT2D eigenvalue weighted by molar-refractivity contribution is -0.385. The molecule has 0 radical (unpaired) electrons. The van der Waals surface area contributed by atoms with E-state index in [1.165, 1.54) is 6.07 Å². The first-order valence-corrected chi connectivity index (χ1v) is 6.30. The van der Waals surface area contributed by atoms with Crippen LogP contribution < -0.4 is 10.1 Å². The van der Waals surface area contributed by atoms with Crippen molar-refractivity contribution < 1.29 is 9.66 Å². The summed E-state index contributed by atoms with van der Waals surface area (Å²) in [6.07, 6.45) is 0. The van der Waals surface area contributed by atoms with Crippen LogP contribution in [0.3, 0.4) is 0 Å². The summed E-state index contributed by atoms with van der Waals surface area (Å²) < 4.78 is 5.21. The average molecular weight is 293 g/mol. The van der Waals surface area contributed by atoms with Crippen molar-refractivity contribution in [1.82, 2.24) is 0 Å². The summed E-state index contributed by atoms with van der Waals surface area (Å²) in [5.41, 5.74) is 1.20. The molecule has 2 rings (SSSR count). The predicted molar refractivity (Wildman–Crippen MR) is 78.4 cm³/mol. The normalized spacial score (nSPS) is 10.1. The first-order chi connectivity index (χ1) is 9.63. The maximum atomic E-state index is 11.0. The zero-order valence-corrected chi connectivity index (χ0v) is 11.6. The van der Waals surface area contributed by atoms with E-state index in [2.05, 4.69) is 5.32 Å². The summed E-state index contributed by atoms with van der Waals surface area (Å²) in [6.45, 7) is 0.246. The quantitative estimate of drug-likeness (QED) is 0.671. The van der Waals surface area contributed by atoms with E-state index in [0.29, 0.717) is 16.3 Å². The molecular weight excluding hydrogens is 280 g/mol. The molecule has 0 aliphatic heterocycles. The average Bonchev–Trinajstić information content (AvgIpc) is 2.46. The van der Waals surface area contributed by atoms with E-state index in [-0.39, 0.29) is 12.2 Å². The van der Waals surface area contributed by atoms with E-state index >= 15 is 0 Å². The molecule has 1 N–H and O–H groups in total. The second-order valence-electron chi connectivity index (χ2n) is 4.05. The van der Waals surface area contributed by atoms with Crippen molar-refractivity contribution in [1.29, 1.82) is 0 Å². The van der Waals surface area contributed by atoms with E-state index in [0.717, 1.165) is 5.69 Å². The molecule has 20 heavy (non-hydrogen) atoms. The molecule has 0 saturated carbocycles. The second-order valence-corrected chi connectivity index (χ2v) is 4.46. The van der Waals surface area contributed by atoms with Gasteiger partial charge in [-0.2, -0.15) is 0 Å². The fourth-order valence-electron chi connectivity index (χ4n) is 1.87. The molecule has 0 aliphatic carbocycles. The minimum atomic E-state index is -0.439. The number of hydrogen-bond donors (Lipinski definition) is 1.